The summed E-state index contributed by atoms with van der Waals surface area (Å²) in [5.74, 6) is 0.591. The molecule has 2 aliphatic rings. The molecule has 0 spiro atoms. The molecule has 1 aromatic carbocycles. The van der Waals surface area contributed by atoms with Gasteiger partial charge in [-0.2, -0.15) is 0 Å². The van der Waals surface area contributed by atoms with Crippen molar-refractivity contribution in [3.05, 3.63) is 41.0 Å². The van der Waals surface area contributed by atoms with E-state index < -0.39 is 8.24 Å². The Morgan fingerprint density at radius 1 is 1.12 bits per heavy atom. The Labute approximate surface area is 149 Å². The fraction of sp³-hybridized carbons (Fsp3) is 0.619. The molecule has 0 bridgehead atoms. The van der Waals surface area contributed by atoms with Crippen LogP contribution in [0.5, 0.6) is 0 Å². The van der Waals surface area contributed by atoms with E-state index in [0.29, 0.717) is 5.92 Å². The van der Waals surface area contributed by atoms with Gasteiger partial charge in [-0.3, -0.25) is 0 Å². The SMILES string of the molecule is CC1=C(N2CCCC2)c2ccccc2C1C[Si](C)(C)NC(C)(C)C. The maximum atomic E-state index is 3.96. The molecule has 2 nitrogen and oxygen atoms in total. The Bertz CT molecular complexity index is 633. The fourth-order valence-electron chi connectivity index (χ4n) is 4.83. The van der Waals surface area contributed by atoms with E-state index in [1.54, 1.807) is 16.8 Å². The van der Waals surface area contributed by atoms with Crippen molar-refractivity contribution in [2.24, 2.45) is 0 Å². The van der Waals surface area contributed by atoms with Gasteiger partial charge in [-0.25, -0.2) is 0 Å². The maximum Gasteiger partial charge on any atom is 0.120 e. The highest BCUT2D eigenvalue weighted by atomic mass is 28.3. The third kappa shape index (κ3) is 3.62. The lowest BCUT2D eigenvalue weighted by Gasteiger charge is -2.35. The summed E-state index contributed by atoms with van der Waals surface area (Å²) in [5, 5.41) is 0. The first-order valence-corrected chi connectivity index (χ1v) is 12.7. The Morgan fingerprint density at radius 2 is 1.75 bits per heavy atom. The van der Waals surface area contributed by atoms with Gasteiger partial charge in [0.1, 0.15) is 8.24 Å². The van der Waals surface area contributed by atoms with Crippen LogP contribution in [0.15, 0.2) is 29.8 Å². The summed E-state index contributed by atoms with van der Waals surface area (Å²) in [6, 6.07) is 10.4. The second-order valence-corrected chi connectivity index (χ2v) is 13.8. The van der Waals surface area contributed by atoms with E-state index in [1.807, 2.05) is 0 Å². The highest BCUT2D eigenvalue weighted by Gasteiger charge is 2.37. The van der Waals surface area contributed by atoms with E-state index in [1.165, 1.54) is 37.5 Å². The van der Waals surface area contributed by atoms with E-state index >= 15 is 0 Å². The molecule has 1 atom stereocenters. The highest BCUT2D eigenvalue weighted by molar-refractivity contribution is 6.75. The van der Waals surface area contributed by atoms with Gasteiger partial charge in [0.2, 0.25) is 0 Å². The lowest BCUT2D eigenvalue weighted by Crippen LogP contribution is -2.54. The molecule has 1 N–H and O–H groups in total. The van der Waals surface area contributed by atoms with Gasteiger partial charge >= 0.3 is 0 Å². The second kappa shape index (κ2) is 6.34. The number of likely N-dealkylation sites (tertiary alicyclic amines) is 1. The van der Waals surface area contributed by atoms with Gasteiger partial charge in [0.25, 0.3) is 0 Å². The molecule has 0 radical (unpaired) electrons. The molecule has 1 aliphatic heterocycles. The molecule has 1 aromatic rings. The third-order valence-corrected chi connectivity index (χ3v) is 8.19. The van der Waals surface area contributed by atoms with Crippen LogP contribution in [0.4, 0.5) is 0 Å². The zero-order chi connectivity index (χ0) is 17.5. The number of nitrogens with one attached hydrogen (secondary N) is 1. The zero-order valence-corrected chi connectivity index (χ0v) is 17.4. The quantitative estimate of drug-likeness (QED) is 0.756. The number of benzene rings is 1. The average Bonchev–Trinajstić information content (AvgIpc) is 3.04. The van der Waals surface area contributed by atoms with E-state index in [2.05, 4.69) is 74.9 Å². The van der Waals surface area contributed by atoms with E-state index in [9.17, 15) is 0 Å². The van der Waals surface area contributed by atoms with Gasteiger partial charge in [-0.1, -0.05) is 37.4 Å². The molecule has 0 saturated carbocycles. The first-order chi connectivity index (χ1) is 11.2. The molecule has 24 heavy (non-hydrogen) atoms. The third-order valence-electron chi connectivity index (χ3n) is 5.34. The van der Waals surface area contributed by atoms with Crippen LogP contribution in [0.2, 0.25) is 19.1 Å². The van der Waals surface area contributed by atoms with Gasteiger partial charge in [-0.05, 0) is 57.7 Å². The summed E-state index contributed by atoms with van der Waals surface area (Å²) in [7, 11) is -1.49. The molecule has 1 fully saturated rings. The number of allylic oxidation sites excluding steroid dienone is 1. The number of fused-ring (bicyclic) bond motifs is 1. The average molecular weight is 343 g/mol. The molecule has 3 rings (SSSR count). The van der Waals surface area contributed by atoms with Crippen LogP contribution >= 0.6 is 0 Å². The number of hydrogen-bond donors (Lipinski definition) is 1. The molecule has 1 aliphatic carbocycles. The van der Waals surface area contributed by atoms with Gasteiger partial charge in [0.15, 0.2) is 0 Å². The van der Waals surface area contributed by atoms with Crippen LogP contribution in [-0.4, -0.2) is 31.8 Å². The highest BCUT2D eigenvalue weighted by Crippen LogP contribution is 2.47. The minimum atomic E-state index is -1.49. The summed E-state index contributed by atoms with van der Waals surface area (Å²) in [4.78, 5) is 6.60. The van der Waals surface area contributed by atoms with Crippen molar-refractivity contribution in [3.63, 3.8) is 0 Å². The van der Waals surface area contributed by atoms with Crippen molar-refractivity contribution in [2.45, 2.75) is 71.1 Å². The topological polar surface area (TPSA) is 15.3 Å². The van der Waals surface area contributed by atoms with E-state index in [-0.39, 0.29) is 5.54 Å². The molecule has 1 saturated heterocycles. The number of rotatable bonds is 4. The Morgan fingerprint density at radius 3 is 2.38 bits per heavy atom. The van der Waals surface area contributed by atoms with Crippen LogP contribution in [0.3, 0.4) is 0 Å². The number of hydrogen-bond acceptors (Lipinski definition) is 2. The predicted octanol–water partition coefficient (Wildman–Crippen LogP) is 5.20. The minimum Gasteiger partial charge on any atom is -0.371 e. The van der Waals surface area contributed by atoms with Crippen molar-refractivity contribution < 1.29 is 0 Å². The molecule has 3 heteroatoms. The van der Waals surface area contributed by atoms with Crippen molar-refractivity contribution in [1.82, 2.24) is 9.88 Å². The van der Waals surface area contributed by atoms with Gasteiger partial charge in [0, 0.05) is 35.8 Å². The lowest BCUT2D eigenvalue weighted by atomic mass is 9.99. The van der Waals surface area contributed by atoms with Gasteiger partial charge in [-0.15, -0.1) is 0 Å². The van der Waals surface area contributed by atoms with Crippen molar-refractivity contribution in [2.75, 3.05) is 13.1 Å². The Hall–Kier alpha value is -1.06. The predicted molar refractivity (Wildman–Crippen MR) is 108 cm³/mol. The number of nitrogens with zero attached hydrogens (tertiary/aromatic N) is 1. The van der Waals surface area contributed by atoms with Gasteiger partial charge in [0.05, 0.1) is 0 Å². The minimum absolute atomic E-state index is 0.198. The summed E-state index contributed by atoms with van der Waals surface area (Å²) < 4.78 is 0. The molecule has 132 valence electrons. The second-order valence-electron chi connectivity index (χ2n) is 9.33. The molecule has 1 unspecified atom stereocenters. The van der Waals surface area contributed by atoms with Crippen molar-refractivity contribution in [1.29, 1.82) is 0 Å². The first-order valence-electron chi connectivity index (χ1n) is 9.52. The Kier molecular flexibility index (Phi) is 4.69. The molecular weight excluding hydrogens is 308 g/mol. The summed E-state index contributed by atoms with van der Waals surface area (Å²) >= 11 is 0. The van der Waals surface area contributed by atoms with Crippen LogP contribution in [0.1, 0.15) is 57.6 Å². The summed E-state index contributed by atoms with van der Waals surface area (Å²) in [6.45, 7) is 16.7. The van der Waals surface area contributed by atoms with Crippen molar-refractivity contribution in [3.8, 4) is 0 Å². The maximum absolute atomic E-state index is 3.96. The van der Waals surface area contributed by atoms with Crippen molar-refractivity contribution >= 4 is 13.9 Å². The van der Waals surface area contributed by atoms with E-state index in [0.717, 1.165) is 0 Å². The van der Waals surface area contributed by atoms with Crippen LogP contribution in [0, 0.1) is 0 Å². The molecule has 0 amide bonds. The van der Waals surface area contributed by atoms with Crippen LogP contribution in [0.25, 0.3) is 5.70 Å². The Balaban J connectivity index is 1.92. The lowest BCUT2D eigenvalue weighted by molar-refractivity contribution is 0.490. The fourth-order valence-corrected chi connectivity index (χ4v) is 8.51. The van der Waals surface area contributed by atoms with Crippen LogP contribution in [-0.2, 0) is 0 Å². The normalized spacial score (nSPS) is 21.6. The van der Waals surface area contributed by atoms with E-state index in [4.69, 9.17) is 0 Å². The monoisotopic (exact) mass is 342 g/mol. The zero-order valence-electron chi connectivity index (χ0n) is 16.4. The van der Waals surface area contributed by atoms with Crippen LogP contribution < -0.4 is 4.98 Å². The van der Waals surface area contributed by atoms with Gasteiger partial charge < -0.3 is 9.88 Å². The first kappa shape index (κ1) is 17.8. The molecular formula is C21H34N2Si. The molecule has 0 aromatic heterocycles. The molecule has 1 heterocycles. The summed E-state index contributed by atoms with van der Waals surface area (Å²) in [6.07, 6.45) is 2.69. The smallest absolute Gasteiger partial charge is 0.120 e. The standard InChI is InChI=1S/C21H34N2Si/c1-16-19(15-24(5,6)22-21(2,3)4)17-11-7-8-12-18(17)20(16)23-13-9-10-14-23/h7-8,11-12,19,22H,9-10,13-15H2,1-6H3. The largest absolute Gasteiger partial charge is 0.371 e. The summed E-state index contributed by atoms with van der Waals surface area (Å²) in [5.41, 5.74) is 6.42.